The van der Waals surface area contributed by atoms with E-state index >= 15 is 0 Å². The van der Waals surface area contributed by atoms with Gasteiger partial charge in [-0.1, -0.05) is 170 Å². The quantitative estimate of drug-likeness (QED) is 0.153. The fourth-order valence-corrected chi connectivity index (χ4v) is 9.46. The number of furan rings is 1. The molecule has 0 spiro atoms. The lowest BCUT2D eigenvalue weighted by Gasteiger charge is -2.27. The highest BCUT2D eigenvalue weighted by Gasteiger charge is 2.20. The number of rotatable bonds is 8. The maximum atomic E-state index is 6.28. The first-order chi connectivity index (χ1) is 31.2. The third-order valence-corrected chi connectivity index (χ3v) is 12.4. The zero-order chi connectivity index (χ0) is 41.7. The number of para-hydroxylation sites is 3. The Hall–Kier alpha value is -8.40. The first-order valence-electron chi connectivity index (χ1n) is 21.5. The van der Waals surface area contributed by atoms with Gasteiger partial charge in [-0.2, -0.15) is 0 Å². The number of hydrogen-bond acceptors (Lipinski definition) is 2. The van der Waals surface area contributed by atoms with Crippen LogP contribution in [-0.4, -0.2) is 4.57 Å². The number of aromatic nitrogens is 1. The van der Waals surface area contributed by atoms with Gasteiger partial charge in [-0.15, -0.1) is 0 Å². The van der Waals surface area contributed by atoms with E-state index in [0.717, 1.165) is 50.3 Å². The summed E-state index contributed by atoms with van der Waals surface area (Å²) in [5.41, 5.74) is 18.0. The maximum absolute atomic E-state index is 6.28. The highest BCUT2D eigenvalue weighted by atomic mass is 16.3. The van der Waals surface area contributed by atoms with Gasteiger partial charge in [0.25, 0.3) is 0 Å². The summed E-state index contributed by atoms with van der Waals surface area (Å²) >= 11 is 0. The van der Waals surface area contributed by atoms with E-state index < -0.39 is 0 Å². The summed E-state index contributed by atoms with van der Waals surface area (Å²) in [6.07, 6.45) is 0. The Bertz CT molecular complexity index is 3590. The minimum Gasteiger partial charge on any atom is -0.456 e. The van der Waals surface area contributed by atoms with Gasteiger partial charge in [0, 0.05) is 44.3 Å². The van der Waals surface area contributed by atoms with Crippen molar-refractivity contribution in [3.05, 3.63) is 243 Å². The molecule has 0 N–H and O–H groups in total. The predicted octanol–water partition coefficient (Wildman–Crippen LogP) is 16.8. The highest BCUT2D eigenvalue weighted by Crippen LogP contribution is 2.44. The molecule has 0 atom stereocenters. The second kappa shape index (κ2) is 15.3. The fraction of sp³-hybridized carbons (Fsp3) is 0. The second-order valence-electron chi connectivity index (χ2n) is 16.1. The molecule has 2 heterocycles. The van der Waals surface area contributed by atoms with Gasteiger partial charge in [-0.25, -0.2) is 0 Å². The third kappa shape index (κ3) is 6.38. The number of benzene rings is 10. The molecule has 0 amide bonds. The van der Waals surface area contributed by atoms with Crippen LogP contribution in [0.5, 0.6) is 0 Å². The van der Waals surface area contributed by atoms with Crippen molar-refractivity contribution in [2.45, 2.75) is 0 Å². The zero-order valence-electron chi connectivity index (χ0n) is 34.4. The molecule has 0 saturated carbocycles. The van der Waals surface area contributed by atoms with Crippen LogP contribution in [0.15, 0.2) is 247 Å². The maximum Gasteiger partial charge on any atom is 0.135 e. The molecule has 296 valence electrons. The average molecular weight is 805 g/mol. The molecule has 0 aliphatic heterocycles. The third-order valence-electron chi connectivity index (χ3n) is 12.4. The summed E-state index contributed by atoms with van der Waals surface area (Å²) in [4.78, 5) is 2.36. The Morgan fingerprint density at radius 1 is 0.302 bits per heavy atom. The van der Waals surface area contributed by atoms with Crippen molar-refractivity contribution in [2.75, 3.05) is 4.90 Å². The molecule has 3 nitrogen and oxygen atoms in total. The lowest BCUT2D eigenvalue weighted by Crippen LogP contribution is -2.10. The summed E-state index contributed by atoms with van der Waals surface area (Å²) in [5.74, 6) is 0. The van der Waals surface area contributed by atoms with Crippen LogP contribution in [0.3, 0.4) is 0 Å². The Morgan fingerprint density at radius 2 is 0.825 bits per heavy atom. The van der Waals surface area contributed by atoms with Gasteiger partial charge in [0.05, 0.1) is 11.0 Å². The van der Waals surface area contributed by atoms with Gasteiger partial charge >= 0.3 is 0 Å². The van der Waals surface area contributed by atoms with Gasteiger partial charge in [-0.05, 0) is 117 Å². The van der Waals surface area contributed by atoms with Gasteiger partial charge in [-0.3, -0.25) is 0 Å². The molecule has 3 heteroatoms. The standard InChI is InChI=1S/C60H40N2O/c1-4-15-43(16-5-1)50-37-35-48(39-54(50)44-17-6-2-7-18-44)61(49-36-38-59-55(40-49)52-21-11-13-26-58(52)63-59)47-33-31-42(32-34-47)41-27-29-45(30-28-41)51-23-14-25-57-60(51)53-22-10-12-24-56(53)62(57)46-19-8-3-9-20-46/h1-40H. The van der Waals surface area contributed by atoms with E-state index in [9.17, 15) is 0 Å². The van der Waals surface area contributed by atoms with Crippen molar-refractivity contribution in [2.24, 2.45) is 0 Å². The Balaban J connectivity index is 0.948. The van der Waals surface area contributed by atoms with Crippen LogP contribution in [0.2, 0.25) is 0 Å². The summed E-state index contributed by atoms with van der Waals surface area (Å²) in [6, 6.07) is 87.1. The summed E-state index contributed by atoms with van der Waals surface area (Å²) in [7, 11) is 0. The molecular formula is C60H40N2O. The smallest absolute Gasteiger partial charge is 0.135 e. The van der Waals surface area contributed by atoms with Crippen LogP contribution in [0, 0.1) is 0 Å². The largest absolute Gasteiger partial charge is 0.456 e. The summed E-state index contributed by atoms with van der Waals surface area (Å²) < 4.78 is 8.66. The molecule has 0 aliphatic rings. The van der Waals surface area contributed by atoms with E-state index in [1.807, 2.05) is 12.1 Å². The van der Waals surface area contributed by atoms with Crippen LogP contribution in [0.1, 0.15) is 0 Å². The minimum absolute atomic E-state index is 0.876. The van der Waals surface area contributed by atoms with Crippen molar-refractivity contribution in [1.82, 2.24) is 4.57 Å². The Kier molecular flexibility index (Phi) is 8.83. The number of nitrogens with zero attached hydrogens (tertiary/aromatic N) is 2. The first kappa shape index (κ1) is 36.5. The molecule has 2 aromatic heterocycles. The molecule has 0 aliphatic carbocycles. The Morgan fingerprint density at radius 3 is 1.57 bits per heavy atom. The number of hydrogen-bond donors (Lipinski definition) is 0. The van der Waals surface area contributed by atoms with Crippen molar-refractivity contribution in [1.29, 1.82) is 0 Å². The van der Waals surface area contributed by atoms with E-state index in [1.54, 1.807) is 0 Å². The molecular weight excluding hydrogens is 765 g/mol. The summed E-state index contributed by atoms with van der Waals surface area (Å²) in [5, 5.41) is 4.72. The molecule has 63 heavy (non-hydrogen) atoms. The van der Waals surface area contributed by atoms with E-state index in [4.69, 9.17) is 4.42 Å². The molecule has 0 unspecified atom stereocenters. The van der Waals surface area contributed by atoms with Gasteiger partial charge in [0.15, 0.2) is 0 Å². The minimum atomic E-state index is 0.876. The van der Waals surface area contributed by atoms with Crippen LogP contribution < -0.4 is 4.90 Å². The molecule has 12 aromatic rings. The second-order valence-corrected chi connectivity index (χ2v) is 16.1. The van der Waals surface area contributed by atoms with E-state index in [0.29, 0.717) is 0 Å². The van der Waals surface area contributed by atoms with E-state index in [1.165, 1.54) is 60.8 Å². The van der Waals surface area contributed by atoms with E-state index in [-0.39, 0.29) is 0 Å². The molecule has 12 rings (SSSR count). The first-order valence-corrected chi connectivity index (χ1v) is 21.5. The fourth-order valence-electron chi connectivity index (χ4n) is 9.46. The zero-order valence-corrected chi connectivity index (χ0v) is 34.4. The summed E-state index contributed by atoms with van der Waals surface area (Å²) in [6.45, 7) is 0. The van der Waals surface area contributed by atoms with Crippen LogP contribution in [0.4, 0.5) is 17.1 Å². The molecule has 0 fully saturated rings. The van der Waals surface area contributed by atoms with Gasteiger partial charge in [0.2, 0.25) is 0 Å². The monoisotopic (exact) mass is 804 g/mol. The molecule has 0 bridgehead atoms. The highest BCUT2D eigenvalue weighted by molar-refractivity contribution is 6.16. The van der Waals surface area contributed by atoms with Gasteiger partial charge in [0.1, 0.15) is 11.2 Å². The lowest BCUT2D eigenvalue weighted by atomic mass is 9.93. The van der Waals surface area contributed by atoms with Crippen molar-refractivity contribution < 1.29 is 4.42 Å². The van der Waals surface area contributed by atoms with Crippen LogP contribution in [0.25, 0.3) is 93.9 Å². The predicted molar refractivity (Wildman–Crippen MR) is 264 cm³/mol. The van der Waals surface area contributed by atoms with Crippen LogP contribution in [-0.2, 0) is 0 Å². The van der Waals surface area contributed by atoms with Crippen LogP contribution >= 0.6 is 0 Å². The van der Waals surface area contributed by atoms with E-state index in [2.05, 4.69) is 240 Å². The Labute approximate surface area is 366 Å². The lowest BCUT2D eigenvalue weighted by molar-refractivity contribution is 0.669. The number of fused-ring (bicyclic) bond motifs is 6. The topological polar surface area (TPSA) is 21.3 Å². The number of anilines is 3. The average Bonchev–Trinajstić information content (AvgIpc) is 3.91. The molecule has 0 saturated heterocycles. The van der Waals surface area contributed by atoms with Crippen molar-refractivity contribution in [3.8, 4) is 50.2 Å². The normalized spacial score (nSPS) is 11.5. The molecule has 10 aromatic carbocycles. The molecule has 0 radical (unpaired) electrons. The van der Waals surface area contributed by atoms with Gasteiger partial charge < -0.3 is 13.9 Å². The van der Waals surface area contributed by atoms with Crippen molar-refractivity contribution in [3.63, 3.8) is 0 Å². The van der Waals surface area contributed by atoms with Crippen molar-refractivity contribution >= 4 is 60.8 Å². The SMILES string of the molecule is c1ccc(-c2ccc(N(c3ccc(-c4ccc(-c5cccc6c5c5ccccc5n6-c5ccccc5)cc4)cc3)c3ccc4oc5ccccc5c4c3)cc2-c2ccccc2)cc1.